The molecule has 174 valence electrons. The number of hydrogen-bond acceptors (Lipinski definition) is 7. The summed E-state index contributed by atoms with van der Waals surface area (Å²) in [5.41, 5.74) is 3.16. The van der Waals surface area contributed by atoms with Crippen molar-refractivity contribution < 1.29 is 23.9 Å². The first kappa shape index (κ1) is 23.8. The van der Waals surface area contributed by atoms with Gasteiger partial charge in [0.1, 0.15) is 17.4 Å². The van der Waals surface area contributed by atoms with Crippen LogP contribution in [0.5, 0.6) is 11.6 Å². The molecular formula is C25H21ClN2O5S. The van der Waals surface area contributed by atoms with E-state index in [1.54, 1.807) is 30.5 Å². The molecule has 2 heterocycles. The molecule has 0 bridgehead atoms. The number of nitrogens with one attached hydrogen (secondary N) is 1. The summed E-state index contributed by atoms with van der Waals surface area (Å²) < 4.78 is 9.54. The van der Waals surface area contributed by atoms with Crippen LogP contribution in [0.15, 0.2) is 60.8 Å². The zero-order chi connectivity index (χ0) is 24.3. The standard InChI is InChI=1S/C25H21ClN2O5S/c1-15-10-20(26)21(27-13-15)33-19-9-8-18(16(2)11-19)12-25(22(29)28-24(31)34-25)23(30)32-14-17-6-4-3-5-7-17/h3-11,13H,12,14H2,1-2H3,(H,28,29,31)/t25-/m0/s1. The molecule has 1 atom stereocenters. The van der Waals surface area contributed by atoms with Gasteiger partial charge < -0.3 is 9.47 Å². The van der Waals surface area contributed by atoms with Crippen molar-refractivity contribution in [3.05, 3.63) is 88.1 Å². The number of carbonyl (C=O) groups is 3. The molecule has 0 radical (unpaired) electrons. The van der Waals surface area contributed by atoms with E-state index in [0.717, 1.165) is 16.7 Å². The minimum Gasteiger partial charge on any atom is -0.459 e. The molecule has 3 aromatic rings. The quantitative estimate of drug-likeness (QED) is 0.357. The number of carbonyl (C=O) groups excluding carboxylic acids is 3. The number of thioether (sulfide) groups is 1. The molecular weight excluding hydrogens is 476 g/mol. The van der Waals surface area contributed by atoms with E-state index in [-0.39, 0.29) is 18.9 Å². The van der Waals surface area contributed by atoms with Gasteiger partial charge in [-0.15, -0.1) is 0 Å². The molecule has 1 aromatic heterocycles. The topological polar surface area (TPSA) is 94.6 Å². The highest BCUT2D eigenvalue weighted by Gasteiger charge is 2.55. The SMILES string of the molecule is Cc1cnc(Oc2ccc(C[C@]3(C(=O)OCc4ccccc4)SC(=O)NC3=O)c(C)c2)c(Cl)c1. The third-order valence-corrected chi connectivity index (χ3v) is 6.71. The molecule has 0 spiro atoms. The molecule has 0 unspecified atom stereocenters. The van der Waals surface area contributed by atoms with Gasteiger partial charge in [0.15, 0.2) is 0 Å². The summed E-state index contributed by atoms with van der Waals surface area (Å²) >= 11 is 6.85. The minimum atomic E-state index is -1.71. The number of pyridine rings is 1. The van der Waals surface area contributed by atoms with Crippen LogP contribution < -0.4 is 10.1 Å². The Morgan fingerprint density at radius 3 is 2.53 bits per heavy atom. The van der Waals surface area contributed by atoms with Crippen molar-refractivity contribution in [2.24, 2.45) is 0 Å². The van der Waals surface area contributed by atoms with E-state index in [4.69, 9.17) is 21.1 Å². The van der Waals surface area contributed by atoms with Crippen LogP contribution in [-0.4, -0.2) is 26.8 Å². The Bertz CT molecular complexity index is 1270. The van der Waals surface area contributed by atoms with Crippen molar-refractivity contribution in [3.63, 3.8) is 0 Å². The fourth-order valence-electron chi connectivity index (χ4n) is 3.49. The molecule has 1 aliphatic rings. The van der Waals surface area contributed by atoms with E-state index in [0.29, 0.717) is 28.1 Å². The van der Waals surface area contributed by atoms with Gasteiger partial charge in [-0.3, -0.25) is 14.9 Å². The number of esters is 1. The highest BCUT2D eigenvalue weighted by Crippen LogP contribution is 2.38. The van der Waals surface area contributed by atoms with E-state index in [2.05, 4.69) is 10.3 Å². The number of nitrogens with zero attached hydrogens (tertiary/aromatic N) is 1. The molecule has 4 rings (SSSR count). The van der Waals surface area contributed by atoms with Crippen LogP contribution in [0.3, 0.4) is 0 Å². The molecule has 1 fully saturated rings. The monoisotopic (exact) mass is 496 g/mol. The lowest BCUT2D eigenvalue weighted by atomic mass is 9.94. The summed E-state index contributed by atoms with van der Waals surface area (Å²) in [6.07, 6.45) is 1.64. The number of ether oxygens (including phenoxy) is 2. The van der Waals surface area contributed by atoms with Crippen LogP contribution in [-0.2, 0) is 27.4 Å². The van der Waals surface area contributed by atoms with Crippen molar-refractivity contribution >= 4 is 40.5 Å². The summed E-state index contributed by atoms with van der Waals surface area (Å²) in [6, 6.07) is 16.1. The third kappa shape index (κ3) is 5.08. The maximum Gasteiger partial charge on any atom is 0.333 e. The maximum atomic E-state index is 13.1. The molecule has 0 aliphatic carbocycles. The van der Waals surface area contributed by atoms with Gasteiger partial charge in [-0.1, -0.05) is 48.0 Å². The van der Waals surface area contributed by atoms with Gasteiger partial charge in [-0.2, -0.15) is 0 Å². The zero-order valence-electron chi connectivity index (χ0n) is 18.5. The Morgan fingerprint density at radius 2 is 1.88 bits per heavy atom. The number of rotatable bonds is 7. The molecule has 1 aliphatic heterocycles. The smallest absolute Gasteiger partial charge is 0.333 e. The summed E-state index contributed by atoms with van der Waals surface area (Å²) in [5.74, 6) is -0.674. The van der Waals surface area contributed by atoms with Crippen LogP contribution in [0.4, 0.5) is 4.79 Å². The molecule has 7 nitrogen and oxygen atoms in total. The van der Waals surface area contributed by atoms with E-state index in [9.17, 15) is 14.4 Å². The number of imide groups is 1. The summed E-state index contributed by atoms with van der Waals surface area (Å²) in [5, 5.41) is 2.02. The van der Waals surface area contributed by atoms with E-state index >= 15 is 0 Å². The summed E-state index contributed by atoms with van der Waals surface area (Å²) in [6.45, 7) is 3.71. The van der Waals surface area contributed by atoms with Crippen molar-refractivity contribution in [3.8, 4) is 11.6 Å². The normalized spacial score (nSPS) is 17.4. The fraction of sp³-hybridized carbons (Fsp3) is 0.200. The molecule has 34 heavy (non-hydrogen) atoms. The second-order valence-corrected chi connectivity index (χ2v) is 9.58. The van der Waals surface area contributed by atoms with E-state index in [1.807, 2.05) is 44.2 Å². The van der Waals surface area contributed by atoms with Gasteiger partial charge in [-0.25, -0.2) is 9.78 Å². The lowest BCUT2D eigenvalue weighted by molar-refractivity contribution is -0.150. The first-order valence-corrected chi connectivity index (χ1v) is 11.6. The Kier molecular flexibility index (Phi) is 6.90. The predicted molar refractivity (Wildman–Crippen MR) is 129 cm³/mol. The largest absolute Gasteiger partial charge is 0.459 e. The Morgan fingerprint density at radius 1 is 1.12 bits per heavy atom. The minimum absolute atomic E-state index is 0.000473. The van der Waals surface area contributed by atoms with Crippen LogP contribution in [0, 0.1) is 13.8 Å². The Hall–Kier alpha value is -3.36. The van der Waals surface area contributed by atoms with Crippen LogP contribution >= 0.6 is 23.4 Å². The van der Waals surface area contributed by atoms with Crippen LogP contribution in [0.2, 0.25) is 5.02 Å². The molecule has 2 aromatic carbocycles. The van der Waals surface area contributed by atoms with Crippen molar-refractivity contribution in [2.75, 3.05) is 0 Å². The number of benzene rings is 2. The average molecular weight is 497 g/mol. The van der Waals surface area contributed by atoms with Gasteiger partial charge >= 0.3 is 5.97 Å². The Balaban J connectivity index is 1.55. The first-order chi connectivity index (χ1) is 16.3. The van der Waals surface area contributed by atoms with Gasteiger partial charge in [0.25, 0.3) is 11.1 Å². The van der Waals surface area contributed by atoms with Gasteiger partial charge in [0.2, 0.25) is 10.6 Å². The zero-order valence-corrected chi connectivity index (χ0v) is 20.0. The highest BCUT2D eigenvalue weighted by atomic mass is 35.5. The highest BCUT2D eigenvalue weighted by molar-refractivity contribution is 8.16. The second kappa shape index (κ2) is 9.87. The maximum absolute atomic E-state index is 13.1. The van der Waals surface area contributed by atoms with Gasteiger partial charge in [0, 0.05) is 12.6 Å². The van der Waals surface area contributed by atoms with E-state index < -0.39 is 21.9 Å². The van der Waals surface area contributed by atoms with Crippen molar-refractivity contribution in [2.45, 2.75) is 31.6 Å². The molecule has 0 saturated carbocycles. The van der Waals surface area contributed by atoms with Crippen molar-refractivity contribution in [1.82, 2.24) is 10.3 Å². The second-order valence-electron chi connectivity index (χ2n) is 7.90. The molecule has 9 heteroatoms. The lowest BCUT2D eigenvalue weighted by Crippen LogP contribution is -2.47. The Labute approximate surface area is 205 Å². The summed E-state index contributed by atoms with van der Waals surface area (Å²) in [7, 11) is 0. The molecule has 1 N–H and O–H groups in total. The van der Waals surface area contributed by atoms with Crippen LogP contribution in [0.1, 0.15) is 22.3 Å². The number of halogens is 1. The third-order valence-electron chi connectivity index (χ3n) is 5.30. The first-order valence-electron chi connectivity index (χ1n) is 10.4. The predicted octanol–water partition coefficient (Wildman–Crippen LogP) is 5.15. The van der Waals surface area contributed by atoms with E-state index in [1.165, 1.54) is 0 Å². The number of aryl methyl sites for hydroxylation is 2. The van der Waals surface area contributed by atoms with Gasteiger partial charge in [-0.05, 0) is 66.1 Å². The van der Waals surface area contributed by atoms with Crippen molar-refractivity contribution in [1.29, 1.82) is 0 Å². The average Bonchev–Trinajstić information content (AvgIpc) is 3.10. The van der Waals surface area contributed by atoms with Gasteiger partial charge in [0.05, 0.1) is 0 Å². The number of amides is 2. The molecule has 2 amide bonds. The van der Waals surface area contributed by atoms with Crippen LogP contribution in [0.25, 0.3) is 0 Å². The fourth-order valence-corrected chi connectivity index (χ4v) is 4.73. The summed E-state index contributed by atoms with van der Waals surface area (Å²) in [4.78, 5) is 42.0. The number of aromatic nitrogens is 1. The number of hydrogen-bond donors (Lipinski definition) is 1. The molecule has 1 saturated heterocycles. The lowest BCUT2D eigenvalue weighted by Gasteiger charge is -2.23.